The van der Waals surface area contributed by atoms with Crippen molar-refractivity contribution in [3.8, 4) is 11.3 Å². The molecule has 4 aromatic rings. The molecule has 1 aliphatic heterocycles. The molecule has 34 heavy (non-hydrogen) atoms. The van der Waals surface area contributed by atoms with Crippen LogP contribution in [0.5, 0.6) is 0 Å². The first-order valence-corrected chi connectivity index (χ1v) is 11.6. The van der Waals surface area contributed by atoms with Crippen molar-refractivity contribution < 1.29 is 4.79 Å². The average molecular weight is 457 g/mol. The van der Waals surface area contributed by atoms with Gasteiger partial charge in [0.1, 0.15) is 5.82 Å². The number of pyridine rings is 2. The standard InChI is InChI=1S/C25H28N8O/c1-16(2)19-15-29-33-12-9-17(13-22(19)33)20-8-10-27-25(30-20)31-23-7-6-18(14-28-23)32-11-4-5-21(26-3)24(32)34/h6-10,12-16,21,26H,4-5,11H2,1-3H3,(H,27,28,30,31). The van der Waals surface area contributed by atoms with Gasteiger partial charge in [-0.2, -0.15) is 5.10 Å². The van der Waals surface area contributed by atoms with Gasteiger partial charge in [-0.15, -0.1) is 0 Å². The molecular weight excluding hydrogens is 428 g/mol. The van der Waals surface area contributed by atoms with Gasteiger partial charge >= 0.3 is 0 Å². The van der Waals surface area contributed by atoms with Gasteiger partial charge in [-0.05, 0) is 56.1 Å². The fourth-order valence-corrected chi connectivity index (χ4v) is 4.32. The molecule has 1 saturated heterocycles. The number of carbonyl (C=O) groups is 1. The van der Waals surface area contributed by atoms with Crippen LogP contribution < -0.4 is 15.5 Å². The molecule has 1 fully saturated rings. The SMILES string of the molecule is CNC1CCCN(c2ccc(Nc3nccc(-c4ccn5ncc(C(C)C)c5c4)n3)nc2)C1=O. The summed E-state index contributed by atoms with van der Waals surface area (Å²) in [5.41, 5.74) is 4.87. The molecule has 0 spiro atoms. The van der Waals surface area contributed by atoms with Gasteiger partial charge in [-0.25, -0.2) is 19.5 Å². The third-order valence-corrected chi connectivity index (χ3v) is 6.21. The summed E-state index contributed by atoms with van der Waals surface area (Å²) in [5.74, 6) is 1.54. The molecule has 2 N–H and O–H groups in total. The second-order valence-corrected chi connectivity index (χ2v) is 8.77. The third kappa shape index (κ3) is 4.22. The minimum Gasteiger partial charge on any atom is -0.310 e. The topological polar surface area (TPSA) is 100 Å². The second kappa shape index (κ2) is 9.18. The number of fused-ring (bicyclic) bond motifs is 1. The molecule has 1 aliphatic rings. The van der Waals surface area contributed by atoms with Gasteiger partial charge in [-0.1, -0.05) is 13.8 Å². The number of nitrogens with one attached hydrogen (secondary N) is 2. The summed E-state index contributed by atoms with van der Waals surface area (Å²) >= 11 is 0. The van der Waals surface area contributed by atoms with E-state index in [0.717, 1.165) is 35.3 Å². The first-order valence-electron chi connectivity index (χ1n) is 11.6. The maximum absolute atomic E-state index is 12.6. The van der Waals surface area contributed by atoms with Crippen molar-refractivity contribution in [1.82, 2.24) is 29.9 Å². The minimum absolute atomic E-state index is 0.0862. The molecule has 174 valence electrons. The van der Waals surface area contributed by atoms with Crippen molar-refractivity contribution in [3.05, 3.63) is 60.7 Å². The summed E-state index contributed by atoms with van der Waals surface area (Å²) < 4.78 is 1.89. The number of nitrogens with zero attached hydrogens (tertiary/aromatic N) is 6. The Labute approximate surface area is 198 Å². The Kier molecular flexibility index (Phi) is 5.93. The molecule has 0 aliphatic carbocycles. The van der Waals surface area contributed by atoms with Crippen LogP contribution in [0.3, 0.4) is 0 Å². The van der Waals surface area contributed by atoms with Crippen LogP contribution in [0, 0.1) is 0 Å². The van der Waals surface area contributed by atoms with E-state index in [0.29, 0.717) is 24.2 Å². The number of hydrogen-bond acceptors (Lipinski definition) is 7. The fraction of sp³-hybridized carbons (Fsp3) is 0.320. The number of aromatic nitrogens is 5. The van der Waals surface area contributed by atoms with Gasteiger partial charge in [0.2, 0.25) is 11.9 Å². The number of rotatable bonds is 6. The first-order chi connectivity index (χ1) is 16.5. The predicted octanol–water partition coefficient (Wildman–Crippen LogP) is 3.77. The number of amides is 1. The summed E-state index contributed by atoms with van der Waals surface area (Å²) in [6.45, 7) is 5.03. The monoisotopic (exact) mass is 456 g/mol. The van der Waals surface area contributed by atoms with E-state index in [-0.39, 0.29) is 11.9 Å². The quantitative estimate of drug-likeness (QED) is 0.455. The Morgan fingerprint density at radius 3 is 2.76 bits per heavy atom. The lowest BCUT2D eigenvalue weighted by Gasteiger charge is -2.31. The molecule has 1 unspecified atom stereocenters. The average Bonchev–Trinajstić information content (AvgIpc) is 3.29. The zero-order valence-corrected chi connectivity index (χ0v) is 19.6. The molecule has 5 heterocycles. The molecule has 0 radical (unpaired) electrons. The minimum atomic E-state index is -0.138. The molecule has 9 heteroatoms. The largest absolute Gasteiger partial charge is 0.310 e. The Balaban J connectivity index is 1.35. The van der Waals surface area contributed by atoms with Crippen LogP contribution in [0.2, 0.25) is 0 Å². The van der Waals surface area contributed by atoms with Crippen molar-refractivity contribution in [2.24, 2.45) is 0 Å². The molecule has 5 rings (SSSR count). The van der Waals surface area contributed by atoms with Crippen LogP contribution in [0.4, 0.5) is 17.5 Å². The van der Waals surface area contributed by atoms with Crippen LogP contribution in [0.1, 0.15) is 38.2 Å². The zero-order chi connectivity index (χ0) is 23.7. The summed E-state index contributed by atoms with van der Waals surface area (Å²) in [5, 5.41) is 10.7. The maximum atomic E-state index is 12.6. The van der Waals surface area contributed by atoms with Gasteiger partial charge in [0.25, 0.3) is 0 Å². The molecule has 9 nitrogen and oxygen atoms in total. The van der Waals surface area contributed by atoms with Gasteiger partial charge < -0.3 is 15.5 Å². The highest BCUT2D eigenvalue weighted by Crippen LogP contribution is 2.26. The van der Waals surface area contributed by atoms with E-state index in [4.69, 9.17) is 0 Å². The van der Waals surface area contributed by atoms with E-state index >= 15 is 0 Å². The number of likely N-dealkylation sites (N-methyl/N-ethyl adjacent to an activating group) is 1. The van der Waals surface area contributed by atoms with Crippen LogP contribution in [0.25, 0.3) is 16.8 Å². The molecule has 1 atom stereocenters. The Bertz CT molecular complexity index is 1310. The van der Waals surface area contributed by atoms with Crippen LogP contribution in [-0.2, 0) is 4.79 Å². The molecule has 0 saturated carbocycles. The lowest BCUT2D eigenvalue weighted by molar-refractivity contribution is -0.121. The first kappa shape index (κ1) is 22.0. The van der Waals surface area contributed by atoms with E-state index in [2.05, 4.69) is 50.6 Å². The highest BCUT2D eigenvalue weighted by atomic mass is 16.2. The van der Waals surface area contributed by atoms with Crippen molar-refractivity contribution in [1.29, 1.82) is 0 Å². The molecular formula is C25H28N8O. The Hall–Kier alpha value is -3.85. The van der Waals surface area contributed by atoms with Crippen molar-refractivity contribution in [2.45, 2.75) is 38.6 Å². The van der Waals surface area contributed by atoms with Gasteiger partial charge in [0.15, 0.2) is 0 Å². The van der Waals surface area contributed by atoms with E-state index in [1.54, 1.807) is 17.3 Å². The lowest BCUT2D eigenvalue weighted by Crippen LogP contribution is -2.49. The molecule has 0 bridgehead atoms. The zero-order valence-electron chi connectivity index (χ0n) is 19.6. The highest BCUT2D eigenvalue weighted by Gasteiger charge is 2.28. The molecule has 1 amide bonds. The van der Waals surface area contributed by atoms with Gasteiger partial charge in [-0.3, -0.25) is 4.79 Å². The summed E-state index contributed by atoms with van der Waals surface area (Å²) in [4.78, 5) is 27.9. The van der Waals surface area contributed by atoms with E-state index in [9.17, 15) is 4.79 Å². The molecule has 4 aromatic heterocycles. The second-order valence-electron chi connectivity index (χ2n) is 8.77. The Morgan fingerprint density at radius 1 is 1.12 bits per heavy atom. The van der Waals surface area contributed by atoms with Crippen molar-refractivity contribution in [2.75, 3.05) is 23.8 Å². The van der Waals surface area contributed by atoms with Crippen molar-refractivity contribution >= 4 is 28.9 Å². The van der Waals surface area contributed by atoms with Gasteiger partial charge in [0, 0.05) is 30.1 Å². The number of carbonyl (C=O) groups excluding carboxylic acids is 1. The summed E-state index contributed by atoms with van der Waals surface area (Å²) in [6.07, 6.45) is 9.13. The summed E-state index contributed by atoms with van der Waals surface area (Å²) in [7, 11) is 1.82. The van der Waals surface area contributed by atoms with E-state index < -0.39 is 0 Å². The Morgan fingerprint density at radius 2 is 2.00 bits per heavy atom. The van der Waals surface area contributed by atoms with Crippen LogP contribution in [-0.4, -0.2) is 50.1 Å². The number of anilines is 3. The lowest BCUT2D eigenvalue weighted by atomic mass is 10.0. The fourth-order valence-electron chi connectivity index (χ4n) is 4.32. The van der Waals surface area contributed by atoms with E-state index in [1.807, 2.05) is 48.2 Å². The number of hydrogen-bond donors (Lipinski definition) is 2. The number of piperidine rings is 1. The van der Waals surface area contributed by atoms with Crippen LogP contribution in [0.15, 0.2) is 55.1 Å². The summed E-state index contributed by atoms with van der Waals surface area (Å²) in [6, 6.07) is 9.60. The smallest absolute Gasteiger partial charge is 0.244 e. The maximum Gasteiger partial charge on any atom is 0.244 e. The normalized spacial score (nSPS) is 16.4. The third-order valence-electron chi connectivity index (χ3n) is 6.21. The predicted molar refractivity (Wildman–Crippen MR) is 132 cm³/mol. The molecule has 0 aromatic carbocycles. The highest BCUT2D eigenvalue weighted by molar-refractivity contribution is 5.97. The van der Waals surface area contributed by atoms with Crippen molar-refractivity contribution in [3.63, 3.8) is 0 Å². The van der Waals surface area contributed by atoms with E-state index in [1.165, 1.54) is 5.56 Å². The van der Waals surface area contributed by atoms with Gasteiger partial charge in [0.05, 0.1) is 35.3 Å². The van der Waals surface area contributed by atoms with Crippen LogP contribution >= 0.6 is 0 Å².